The van der Waals surface area contributed by atoms with E-state index in [-0.39, 0.29) is 5.91 Å². The Bertz CT molecular complexity index is 976. The van der Waals surface area contributed by atoms with Crippen LogP contribution in [0.3, 0.4) is 0 Å². The predicted octanol–water partition coefficient (Wildman–Crippen LogP) is 4.06. The topological polar surface area (TPSA) is 72.6 Å². The lowest BCUT2D eigenvalue weighted by atomic mass is 10.1. The summed E-state index contributed by atoms with van der Waals surface area (Å²) in [5.41, 5.74) is 4.13. The first-order valence-electron chi connectivity index (χ1n) is 8.19. The van der Waals surface area contributed by atoms with E-state index in [9.17, 15) is 4.79 Å². The van der Waals surface area contributed by atoms with Crippen molar-refractivity contribution >= 4 is 22.5 Å². The Morgan fingerprint density at radius 1 is 1.04 bits per heavy atom. The van der Waals surface area contributed by atoms with Gasteiger partial charge in [-0.25, -0.2) is 0 Å². The van der Waals surface area contributed by atoms with Crippen molar-refractivity contribution < 1.29 is 19.0 Å². The molecule has 0 unspecified atom stereocenters. The minimum absolute atomic E-state index is 0.226. The summed E-state index contributed by atoms with van der Waals surface area (Å²) in [5, 5.41) is 3.62. The van der Waals surface area contributed by atoms with Crippen molar-refractivity contribution in [3.63, 3.8) is 0 Å². The van der Waals surface area contributed by atoms with E-state index in [1.165, 1.54) is 14.2 Å². The van der Waals surface area contributed by atoms with Gasteiger partial charge >= 0.3 is 0 Å². The van der Waals surface area contributed by atoms with Crippen LogP contribution >= 0.6 is 0 Å². The zero-order chi connectivity index (χ0) is 18.8. The summed E-state index contributed by atoms with van der Waals surface area (Å²) in [5.74, 6) is 1.20. The summed E-state index contributed by atoms with van der Waals surface area (Å²) in [4.78, 5) is 16.0. The molecule has 0 aliphatic rings. The van der Waals surface area contributed by atoms with Gasteiger partial charge in [-0.2, -0.15) is 0 Å². The third-order valence-electron chi connectivity index (χ3n) is 4.57. The third-order valence-corrected chi connectivity index (χ3v) is 4.57. The molecule has 2 aromatic carbocycles. The number of carbonyl (C=O) groups is 1. The van der Waals surface area contributed by atoms with Gasteiger partial charge in [-0.05, 0) is 31.0 Å². The molecule has 0 spiro atoms. The molecule has 1 amide bonds. The molecule has 0 radical (unpaired) electrons. The van der Waals surface area contributed by atoms with Crippen LogP contribution in [0.2, 0.25) is 0 Å². The van der Waals surface area contributed by atoms with Crippen molar-refractivity contribution in [2.45, 2.75) is 13.8 Å². The Kier molecular flexibility index (Phi) is 4.75. The number of ether oxygens (including phenoxy) is 3. The Labute approximate surface area is 152 Å². The van der Waals surface area contributed by atoms with E-state index < -0.39 is 0 Å². The average Bonchev–Trinajstić information content (AvgIpc) is 3.07. The number of hydrogen-bond acceptors (Lipinski definition) is 4. The van der Waals surface area contributed by atoms with Crippen LogP contribution in [0, 0.1) is 13.8 Å². The Morgan fingerprint density at radius 3 is 2.42 bits per heavy atom. The molecule has 1 heterocycles. The van der Waals surface area contributed by atoms with Gasteiger partial charge in [0.2, 0.25) is 5.75 Å². The number of nitrogens with one attached hydrogen (secondary N) is 2. The summed E-state index contributed by atoms with van der Waals surface area (Å²) >= 11 is 0. The van der Waals surface area contributed by atoms with E-state index in [4.69, 9.17) is 14.2 Å². The second-order valence-electron chi connectivity index (χ2n) is 5.97. The molecule has 6 heteroatoms. The molecule has 0 aliphatic carbocycles. The Balaban J connectivity index is 2.10. The first-order valence-corrected chi connectivity index (χ1v) is 8.19. The molecule has 0 saturated carbocycles. The summed E-state index contributed by atoms with van der Waals surface area (Å²) in [6.45, 7) is 3.99. The van der Waals surface area contributed by atoms with E-state index >= 15 is 0 Å². The molecule has 3 rings (SSSR count). The second-order valence-corrected chi connectivity index (χ2v) is 5.97. The van der Waals surface area contributed by atoms with Crippen molar-refractivity contribution in [1.29, 1.82) is 0 Å². The maximum Gasteiger partial charge on any atom is 0.257 e. The molecule has 0 saturated heterocycles. The standard InChI is InChI=1S/C20H22N2O4/c1-11-7-6-8-14(12(11)2)22-20(23)13-10-21-15-9-16(24-3)18(25-4)19(26-5)17(13)15/h6-10,21H,1-5H3,(H,22,23). The van der Waals surface area contributed by atoms with Crippen LogP contribution in [-0.2, 0) is 0 Å². The molecular weight excluding hydrogens is 332 g/mol. The average molecular weight is 354 g/mol. The van der Waals surface area contributed by atoms with E-state index in [1.54, 1.807) is 19.4 Å². The van der Waals surface area contributed by atoms with E-state index in [0.717, 1.165) is 22.3 Å². The van der Waals surface area contributed by atoms with Crippen LogP contribution in [0.15, 0.2) is 30.5 Å². The van der Waals surface area contributed by atoms with E-state index in [0.29, 0.717) is 28.2 Å². The Morgan fingerprint density at radius 2 is 1.77 bits per heavy atom. The highest BCUT2D eigenvalue weighted by molar-refractivity contribution is 6.15. The largest absolute Gasteiger partial charge is 0.493 e. The highest BCUT2D eigenvalue weighted by atomic mass is 16.5. The van der Waals surface area contributed by atoms with Crippen LogP contribution in [0.5, 0.6) is 17.2 Å². The second kappa shape index (κ2) is 7.00. The van der Waals surface area contributed by atoms with E-state index in [2.05, 4.69) is 10.3 Å². The number of fused-ring (bicyclic) bond motifs is 1. The highest BCUT2D eigenvalue weighted by Gasteiger charge is 2.23. The summed E-state index contributed by atoms with van der Waals surface area (Å²) in [7, 11) is 4.63. The maximum atomic E-state index is 12.9. The molecule has 26 heavy (non-hydrogen) atoms. The molecule has 0 bridgehead atoms. The molecule has 1 aromatic heterocycles. The number of anilines is 1. The predicted molar refractivity (Wildman–Crippen MR) is 102 cm³/mol. The zero-order valence-electron chi connectivity index (χ0n) is 15.5. The molecule has 3 aromatic rings. The van der Waals surface area contributed by atoms with Crippen molar-refractivity contribution in [2.75, 3.05) is 26.6 Å². The molecule has 0 atom stereocenters. The van der Waals surface area contributed by atoms with Gasteiger partial charge in [0.1, 0.15) is 0 Å². The van der Waals surface area contributed by atoms with Crippen LogP contribution in [0.4, 0.5) is 5.69 Å². The molecule has 0 fully saturated rings. The quantitative estimate of drug-likeness (QED) is 0.725. The number of hydrogen-bond donors (Lipinski definition) is 2. The van der Waals surface area contributed by atoms with Crippen LogP contribution in [-0.4, -0.2) is 32.2 Å². The number of aromatic nitrogens is 1. The fourth-order valence-electron chi connectivity index (χ4n) is 3.01. The molecule has 0 aliphatic heterocycles. The van der Waals surface area contributed by atoms with E-state index in [1.807, 2.05) is 32.0 Å². The summed E-state index contributed by atoms with van der Waals surface area (Å²) in [6.07, 6.45) is 1.66. The van der Waals surface area contributed by atoms with Crippen molar-refractivity contribution in [2.24, 2.45) is 0 Å². The van der Waals surface area contributed by atoms with Crippen molar-refractivity contribution in [1.82, 2.24) is 4.98 Å². The number of carbonyl (C=O) groups excluding carboxylic acids is 1. The monoisotopic (exact) mass is 354 g/mol. The lowest BCUT2D eigenvalue weighted by Crippen LogP contribution is -2.13. The van der Waals surface area contributed by atoms with Gasteiger partial charge in [0.25, 0.3) is 5.91 Å². The summed E-state index contributed by atoms with van der Waals surface area (Å²) in [6, 6.07) is 7.60. The van der Waals surface area contributed by atoms with Crippen molar-refractivity contribution in [3.8, 4) is 17.2 Å². The number of rotatable bonds is 5. The minimum Gasteiger partial charge on any atom is -0.493 e. The smallest absolute Gasteiger partial charge is 0.257 e. The zero-order valence-corrected chi connectivity index (χ0v) is 15.5. The minimum atomic E-state index is -0.226. The van der Waals surface area contributed by atoms with Crippen LogP contribution in [0.25, 0.3) is 10.9 Å². The normalized spacial score (nSPS) is 10.7. The number of aromatic amines is 1. The third kappa shape index (κ3) is 2.83. The SMILES string of the molecule is COc1cc2[nH]cc(C(=O)Nc3cccc(C)c3C)c2c(OC)c1OC. The highest BCUT2D eigenvalue weighted by Crippen LogP contribution is 2.44. The van der Waals surface area contributed by atoms with Gasteiger partial charge in [0, 0.05) is 18.0 Å². The first-order chi connectivity index (χ1) is 12.5. The molecular formula is C20H22N2O4. The van der Waals surface area contributed by atoms with Crippen LogP contribution < -0.4 is 19.5 Å². The number of methoxy groups -OCH3 is 3. The number of benzene rings is 2. The molecule has 6 nitrogen and oxygen atoms in total. The fraction of sp³-hybridized carbons (Fsp3) is 0.250. The Hall–Kier alpha value is -3.15. The van der Waals surface area contributed by atoms with Crippen molar-refractivity contribution in [3.05, 3.63) is 47.2 Å². The fourth-order valence-corrected chi connectivity index (χ4v) is 3.01. The lowest BCUT2D eigenvalue weighted by Gasteiger charge is -2.14. The molecule has 2 N–H and O–H groups in total. The van der Waals surface area contributed by atoms with Gasteiger partial charge in [-0.15, -0.1) is 0 Å². The number of H-pyrrole nitrogens is 1. The van der Waals surface area contributed by atoms with Crippen LogP contribution in [0.1, 0.15) is 21.5 Å². The number of aryl methyl sites for hydroxylation is 1. The lowest BCUT2D eigenvalue weighted by molar-refractivity contribution is 0.102. The van der Waals surface area contributed by atoms with Gasteiger partial charge in [-0.3, -0.25) is 4.79 Å². The molecule has 136 valence electrons. The van der Waals surface area contributed by atoms with Gasteiger partial charge in [-0.1, -0.05) is 12.1 Å². The van der Waals surface area contributed by atoms with Gasteiger partial charge in [0.05, 0.1) is 37.8 Å². The number of amides is 1. The summed E-state index contributed by atoms with van der Waals surface area (Å²) < 4.78 is 16.3. The van der Waals surface area contributed by atoms with Gasteiger partial charge < -0.3 is 24.5 Å². The van der Waals surface area contributed by atoms with Gasteiger partial charge in [0.15, 0.2) is 11.5 Å². The first kappa shape index (κ1) is 17.7. The maximum absolute atomic E-state index is 12.9.